The van der Waals surface area contributed by atoms with Crippen molar-refractivity contribution in [2.75, 3.05) is 26.3 Å². The third kappa shape index (κ3) is 4.95. The molecule has 6 heteroatoms. The zero-order valence-corrected chi connectivity index (χ0v) is 16.4. The molecule has 6 nitrogen and oxygen atoms in total. The molecule has 146 valence electrons. The van der Waals surface area contributed by atoms with Gasteiger partial charge in [-0.3, -0.25) is 4.98 Å². The Morgan fingerprint density at radius 1 is 1.42 bits per heavy atom. The summed E-state index contributed by atoms with van der Waals surface area (Å²) in [5.41, 5.74) is -0.330. The standard InChI is InChI=1S/C20H32N2O4/c1-5-6-13-25-17-14-22(18(24)26-19(2,3)4)12-10-20(17,15-23)16-9-7-8-11-21-16/h7-9,11,17,23H,5-6,10,12-15H2,1-4H3/t17-,20-/m1/s1. The molecule has 2 atom stereocenters. The second-order valence-corrected chi connectivity index (χ2v) is 7.92. The molecule has 1 aromatic heterocycles. The van der Waals surface area contributed by atoms with E-state index in [0.717, 1.165) is 18.5 Å². The molecule has 2 rings (SSSR count). The number of carbonyl (C=O) groups excluding carboxylic acids is 1. The highest BCUT2D eigenvalue weighted by Gasteiger charge is 2.47. The molecule has 1 aromatic rings. The van der Waals surface area contributed by atoms with Gasteiger partial charge in [0.05, 0.1) is 30.4 Å². The molecule has 0 radical (unpaired) electrons. The quantitative estimate of drug-likeness (QED) is 0.785. The van der Waals surface area contributed by atoms with E-state index >= 15 is 0 Å². The van der Waals surface area contributed by atoms with Gasteiger partial charge in [-0.2, -0.15) is 0 Å². The summed E-state index contributed by atoms with van der Waals surface area (Å²) >= 11 is 0. The van der Waals surface area contributed by atoms with Crippen LogP contribution in [0.25, 0.3) is 0 Å². The lowest BCUT2D eigenvalue weighted by Gasteiger charge is -2.46. The fourth-order valence-electron chi connectivity index (χ4n) is 3.25. The van der Waals surface area contributed by atoms with E-state index in [2.05, 4.69) is 11.9 Å². The molecule has 0 spiro atoms. The molecule has 26 heavy (non-hydrogen) atoms. The van der Waals surface area contributed by atoms with Gasteiger partial charge in [0.25, 0.3) is 0 Å². The number of unbranched alkanes of at least 4 members (excludes halogenated alkanes) is 1. The predicted octanol–water partition coefficient (Wildman–Crippen LogP) is 3.14. The van der Waals surface area contributed by atoms with E-state index in [-0.39, 0.29) is 18.8 Å². The SMILES string of the molecule is CCCCO[C@@H]1CN(C(=O)OC(C)(C)C)CC[C@@]1(CO)c1ccccn1. The van der Waals surface area contributed by atoms with Gasteiger partial charge in [0.2, 0.25) is 0 Å². The van der Waals surface area contributed by atoms with Crippen molar-refractivity contribution in [1.29, 1.82) is 0 Å². The molecular formula is C20H32N2O4. The van der Waals surface area contributed by atoms with E-state index < -0.39 is 11.0 Å². The third-order valence-electron chi connectivity index (χ3n) is 4.76. The second kappa shape index (κ2) is 8.82. The number of pyridine rings is 1. The summed E-state index contributed by atoms with van der Waals surface area (Å²) in [4.78, 5) is 18.7. The normalized spacial score (nSPS) is 23.7. The van der Waals surface area contributed by atoms with Crippen molar-refractivity contribution in [3.63, 3.8) is 0 Å². The first kappa shape index (κ1) is 20.6. The minimum atomic E-state index is -0.604. The predicted molar refractivity (Wildman–Crippen MR) is 100 cm³/mol. The van der Waals surface area contributed by atoms with Crippen LogP contribution in [0.4, 0.5) is 4.79 Å². The minimum absolute atomic E-state index is 0.0665. The fraction of sp³-hybridized carbons (Fsp3) is 0.700. The molecule has 1 aliphatic rings. The van der Waals surface area contributed by atoms with Gasteiger partial charge < -0.3 is 19.5 Å². The maximum Gasteiger partial charge on any atom is 0.410 e. The van der Waals surface area contributed by atoms with Crippen molar-refractivity contribution in [2.45, 2.75) is 64.1 Å². The summed E-state index contributed by atoms with van der Waals surface area (Å²) in [7, 11) is 0. The number of hydrogen-bond acceptors (Lipinski definition) is 5. The van der Waals surface area contributed by atoms with Crippen LogP contribution in [-0.4, -0.2) is 59.1 Å². The van der Waals surface area contributed by atoms with Crippen molar-refractivity contribution in [2.24, 2.45) is 0 Å². The summed E-state index contributed by atoms with van der Waals surface area (Å²) in [6.07, 6.45) is 3.61. The van der Waals surface area contributed by atoms with Crippen molar-refractivity contribution in [3.05, 3.63) is 30.1 Å². The summed E-state index contributed by atoms with van der Waals surface area (Å²) in [5.74, 6) is 0. The fourth-order valence-corrected chi connectivity index (χ4v) is 3.25. The Morgan fingerprint density at radius 2 is 2.19 bits per heavy atom. The Morgan fingerprint density at radius 3 is 2.77 bits per heavy atom. The lowest BCUT2D eigenvalue weighted by molar-refractivity contribution is -0.0767. The highest BCUT2D eigenvalue weighted by Crippen LogP contribution is 2.36. The van der Waals surface area contributed by atoms with Crippen LogP contribution in [0.1, 0.15) is 52.7 Å². The minimum Gasteiger partial charge on any atom is -0.444 e. The number of hydrogen-bond donors (Lipinski definition) is 1. The molecule has 0 saturated carbocycles. The first-order valence-corrected chi connectivity index (χ1v) is 9.44. The Hall–Kier alpha value is -1.66. The second-order valence-electron chi connectivity index (χ2n) is 7.92. The molecule has 0 unspecified atom stereocenters. The first-order valence-electron chi connectivity index (χ1n) is 9.44. The number of rotatable bonds is 6. The maximum absolute atomic E-state index is 12.5. The largest absolute Gasteiger partial charge is 0.444 e. The van der Waals surface area contributed by atoms with Gasteiger partial charge in [0, 0.05) is 19.3 Å². The maximum atomic E-state index is 12.5. The topological polar surface area (TPSA) is 71.9 Å². The smallest absolute Gasteiger partial charge is 0.410 e. The Kier molecular flexibility index (Phi) is 7.01. The van der Waals surface area contributed by atoms with Gasteiger partial charge in [-0.1, -0.05) is 19.4 Å². The van der Waals surface area contributed by atoms with E-state index in [0.29, 0.717) is 26.1 Å². The number of amides is 1. The van der Waals surface area contributed by atoms with Crippen LogP contribution in [-0.2, 0) is 14.9 Å². The average Bonchev–Trinajstić information content (AvgIpc) is 2.61. The van der Waals surface area contributed by atoms with Gasteiger partial charge in [-0.05, 0) is 45.7 Å². The highest BCUT2D eigenvalue weighted by atomic mass is 16.6. The summed E-state index contributed by atoms with van der Waals surface area (Å²) < 4.78 is 11.7. The van der Waals surface area contributed by atoms with Crippen LogP contribution >= 0.6 is 0 Å². The Bertz CT molecular complexity index is 573. The number of carbonyl (C=O) groups is 1. The Labute approximate surface area is 156 Å². The molecule has 1 saturated heterocycles. The van der Waals surface area contributed by atoms with Crippen LogP contribution in [0, 0.1) is 0 Å². The van der Waals surface area contributed by atoms with E-state index in [1.807, 2.05) is 39.0 Å². The molecule has 0 bridgehead atoms. The number of ether oxygens (including phenoxy) is 2. The van der Waals surface area contributed by atoms with E-state index in [1.165, 1.54) is 0 Å². The molecule has 2 heterocycles. The summed E-state index contributed by atoms with van der Waals surface area (Å²) in [6.45, 7) is 9.09. The van der Waals surface area contributed by atoms with Crippen LogP contribution in [0.2, 0.25) is 0 Å². The van der Waals surface area contributed by atoms with Crippen LogP contribution in [0.5, 0.6) is 0 Å². The first-order chi connectivity index (χ1) is 12.3. The number of likely N-dealkylation sites (tertiary alicyclic amines) is 1. The average molecular weight is 364 g/mol. The molecule has 1 N–H and O–H groups in total. The van der Waals surface area contributed by atoms with Gasteiger partial charge in [-0.15, -0.1) is 0 Å². The monoisotopic (exact) mass is 364 g/mol. The summed E-state index contributed by atoms with van der Waals surface area (Å²) in [6, 6.07) is 5.70. The number of aliphatic hydroxyl groups is 1. The molecule has 1 aliphatic heterocycles. The van der Waals surface area contributed by atoms with Crippen molar-refractivity contribution >= 4 is 6.09 Å². The molecule has 1 amide bonds. The summed E-state index contributed by atoms with van der Waals surface area (Å²) in [5, 5.41) is 10.3. The van der Waals surface area contributed by atoms with E-state index in [1.54, 1.807) is 11.1 Å². The number of aliphatic hydroxyl groups excluding tert-OH is 1. The lowest BCUT2D eigenvalue weighted by atomic mass is 9.73. The van der Waals surface area contributed by atoms with E-state index in [9.17, 15) is 9.90 Å². The lowest BCUT2D eigenvalue weighted by Crippen LogP contribution is -2.58. The zero-order valence-electron chi connectivity index (χ0n) is 16.4. The van der Waals surface area contributed by atoms with Gasteiger partial charge in [0.15, 0.2) is 0 Å². The van der Waals surface area contributed by atoms with Gasteiger partial charge in [0.1, 0.15) is 5.60 Å². The number of piperidine rings is 1. The molecular weight excluding hydrogens is 332 g/mol. The van der Waals surface area contributed by atoms with Crippen molar-refractivity contribution in [1.82, 2.24) is 9.88 Å². The van der Waals surface area contributed by atoms with Crippen LogP contribution in [0.15, 0.2) is 24.4 Å². The Balaban J connectivity index is 2.22. The molecule has 0 aromatic carbocycles. The van der Waals surface area contributed by atoms with E-state index in [4.69, 9.17) is 9.47 Å². The third-order valence-corrected chi connectivity index (χ3v) is 4.76. The molecule has 0 aliphatic carbocycles. The zero-order chi connectivity index (χ0) is 19.2. The van der Waals surface area contributed by atoms with Gasteiger partial charge in [-0.25, -0.2) is 4.79 Å². The van der Waals surface area contributed by atoms with Crippen molar-refractivity contribution < 1.29 is 19.4 Å². The number of nitrogens with zero attached hydrogens (tertiary/aromatic N) is 2. The highest BCUT2D eigenvalue weighted by molar-refractivity contribution is 5.68. The number of aromatic nitrogens is 1. The molecule has 1 fully saturated rings. The van der Waals surface area contributed by atoms with Crippen molar-refractivity contribution in [3.8, 4) is 0 Å². The van der Waals surface area contributed by atoms with Crippen LogP contribution in [0.3, 0.4) is 0 Å². The van der Waals surface area contributed by atoms with Gasteiger partial charge >= 0.3 is 6.09 Å². The van der Waals surface area contributed by atoms with Crippen LogP contribution < -0.4 is 0 Å².